The van der Waals surface area contributed by atoms with Gasteiger partial charge in [-0.05, 0) is 75.7 Å². The number of ether oxygens (including phenoxy) is 2. The molecule has 17 heteroatoms. The van der Waals surface area contributed by atoms with Crippen molar-refractivity contribution in [3.8, 4) is 16.5 Å². The third kappa shape index (κ3) is 7.70. The van der Waals surface area contributed by atoms with Crippen molar-refractivity contribution in [1.82, 2.24) is 30.2 Å². The Bertz CT molecular complexity index is 2040. The average molecular weight is 781 g/mol. The van der Waals surface area contributed by atoms with Crippen LogP contribution < -0.4 is 20.1 Å². The molecule has 2 aliphatic heterocycles. The van der Waals surface area contributed by atoms with Crippen LogP contribution in [0.4, 0.5) is 4.79 Å². The highest BCUT2D eigenvalue weighted by molar-refractivity contribution is 7.91. The van der Waals surface area contributed by atoms with Gasteiger partial charge in [-0.25, -0.2) is 18.2 Å². The Kier molecular flexibility index (Phi) is 10.1. The summed E-state index contributed by atoms with van der Waals surface area (Å²) in [7, 11) is -3.89. The summed E-state index contributed by atoms with van der Waals surface area (Å²) in [6.45, 7) is -0.0346. The standard InChI is InChI=1S/C37H44N6O9S2/c44-31-28-19-24(51-33-30(29-13-8-18-53-29)38-26-16-17-50-32(26)40-33)21-43(28)34(45)27(39-36(47)52-23-10-6-7-11-23)12-5-3-1-2-4-9-22-20-37(22,41-31)35(46)42-54(48,49)25-14-15-25/h4,8-9,13,16-18,22-25,27-28H,1-3,5-7,10-12,14-15,19-21H2,(H,39,47)(H,41,44)(H,42,46)/b9-4-/t22?,24-,27-,28+,37-/m1/s1. The van der Waals surface area contributed by atoms with E-state index in [4.69, 9.17) is 18.9 Å². The first-order valence-corrected chi connectivity index (χ1v) is 21.3. The van der Waals surface area contributed by atoms with Crippen molar-refractivity contribution in [3.63, 3.8) is 0 Å². The number of aromatic nitrogens is 2. The molecule has 0 spiro atoms. The molecule has 1 saturated heterocycles. The Balaban J connectivity index is 1.09. The fraction of sp³-hybridized carbons (Fsp3) is 0.568. The number of sulfonamides is 1. The molecule has 8 rings (SSSR count). The summed E-state index contributed by atoms with van der Waals surface area (Å²) < 4.78 is 45.6. The van der Waals surface area contributed by atoms with Gasteiger partial charge in [0.2, 0.25) is 33.4 Å². The van der Waals surface area contributed by atoms with Gasteiger partial charge in [0.05, 0.1) is 22.9 Å². The van der Waals surface area contributed by atoms with Gasteiger partial charge in [-0.1, -0.05) is 31.1 Å². The van der Waals surface area contributed by atoms with Crippen molar-refractivity contribution < 1.29 is 41.5 Å². The van der Waals surface area contributed by atoms with Gasteiger partial charge < -0.3 is 29.4 Å². The van der Waals surface area contributed by atoms with E-state index < -0.39 is 68.7 Å². The second kappa shape index (κ2) is 15.0. The van der Waals surface area contributed by atoms with E-state index in [2.05, 4.69) is 20.3 Å². The number of thiophene rings is 1. The van der Waals surface area contributed by atoms with E-state index in [1.54, 1.807) is 6.07 Å². The largest absolute Gasteiger partial charge is 0.471 e. The molecule has 0 aromatic carbocycles. The van der Waals surface area contributed by atoms with E-state index in [0.29, 0.717) is 43.3 Å². The second-order valence-corrected chi connectivity index (χ2v) is 17.9. The summed E-state index contributed by atoms with van der Waals surface area (Å²) in [6.07, 6.45) is 11.6. The number of carbonyl (C=O) groups is 4. The van der Waals surface area contributed by atoms with E-state index in [-0.39, 0.29) is 37.1 Å². The second-order valence-electron chi connectivity index (χ2n) is 15.0. The van der Waals surface area contributed by atoms with Crippen LogP contribution in [0.3, 0.4) is 0 Å². The number of rotatable bonds is 8. The zero-order chi connectivity index (χ0) is 37.5. The van der Waals surface area contributed by atoms with Gasteiger partial charge in [0.25, 0.3) is 5.91 Å². The molecule has 4 amide bonds. The molecule has 5 atom stereocenters. The molecule has 3 aromatic heterocycles. The Morgan fingerprint density at radius 3 is 2.61 bits per heavy atom. The molecule has 5 aliphatic rings. The number of amides is 4. The number of nitrogens with zero attached hydrogens (tertiary/aromatic N) is 3. The third-order valence-electron chi connectivity index (χ3n) is 11.0. The van der Waals surface area contributed by atoms with Gasteiger partial charge in [-0.3, -0.25) is 19.1 Å². The van der Waals surface area contributed by atoms with Crippen LogP contribution in [-0.2, 0) is 29.1 Å². The minimum absolute atomic E-state index is 0.0249. The molecule has 4 fully saturated rings. The lowest BCUT2D eigenvalue weighted by Gasteiger charge is -2.30. The molecule has 288 valence electrons. The smallest absolute Gasteiger partial charge is 0.408 e. The van der Waals surface area contributed by atoms with Crippen LogP contribution in [0, 0.1) is 5.92 Å². The zero-order valence-electron chi connectivity index (χ0n) is 29.7. The monoisotopic (exact) mass is 780 g/mol. The van der Waals surface area contributed by atoms with Gasteiger partial charge in [0.1, 0.15) is 41.0 Å². The number of hydrogen-bond donors (Lipinski definition) is 3. The lowest BCUT2D eigenvalue weighted by Crippen LogP contribution is -2.58. The fourth-order valence-corrected chi connectivity index (χ4v) is 9.84. The van der Waals surface area contributed by atoms with Gasteiger partial charge in [-0.15, -0.1) is 11.3 Å². The fourth-order valence-electron chi connectivity index (χ4n) is 7.77. The maximum atomic E-state index is 14.6. The summed E-state index contributed by atoms with van der Waals surface area (Å²) in [5, 5.41) is 6.97. The number of hydrogen-bond acceptors (Lipinski definition) is 12. The molecule has 3 aromatic rings. The van der Waals surface area contributed by atoms with Crippen LogP contribution in [0.15, 0.2) is 46.4 Å². The molecule has 3 saturated carbocycles. The van der Waals surface area contributed by atoms with E-state index >= 15 is 0 Å². The molecule has 5 heterocycles. The molecule has 15 nitrogen and oxygen atoms in total. The van der Waals surface area contributed by atoms with Crippen molar-refractivity contribution in [2.45, 2.75) is 119 Å². The number of fused-ring (bicyclic) bond motifs is 3. The highest BCUT2D eigenvalue weighted by Gasteiger charge is 2.62. The lowest BCUT2D eigenvalue weighted by molar-refractivity contribution is -0.141. The topological polar surface area (TPSA) is 199 Å². The van der Waals surface area contributed by atoms with Crippen molar-refractivity contribution >= 4 is 56.4 Å². The van der Waals surface area contributed by atoms with Gasteiger partial charge in [-0.2, -0.15) is 4.98 Å². The van der Waals surface area contributed by atoms with Crippen LogP contribution in [0.1, 0.15) is 83.5 Å². The Morgan fingerprint density at radius 1 is 1.02 bits per heavy atom. The van der Waals surface area contributed by atoms with Crippen molar-refractivity contribution in [3.05, 3.63) is 42.0 Å². The maximum Gasteiger partial charge on any atom is 0.408 e. The number of alkyl carbamates (subject to hydrolysis) is 1. The molecule has 1 unspecified atom stereocenters. The average Bonchev–Trinajstić information content (AvgIpc) is 3.71. The number of carbonyl (C=O) groups excluding carboxylic acids is 4. The van der Waals surface area contributed by atoms with Crippen LogP contribution in [0.2, 0.25) is 0 Å². The first-order chi connectivity index (χ1) is 26.1. The van der Waals surface area contributed by atoms with E-state index in [1.807, 2.05) is 29.7 Å². The SMILES string of the molecule is O=C(N[C@@H]1CCCCC/C=C\C2C[C@@]2(C(=O)NS(=O)(=O)C2CC2)NC(=O)[C@@H]2C[C@@H](Oc3nc4occc4nc3-c3cccs3)CN2C1=O)OC1CCCC1. The highest BCUT2D eigenvalue weighted by Crippen LogP contribution is 2.46. The quantitative estimate of drug-likeness (QED) is 0.275. The molecular weight excluding hydrogens is 737 g/mol. The van der Waals surface area contributed by atoms with Crippen LogP contribution >= 0.6 is 11.3 Å². The maximum absolute atomic E-state index is 14.6. The van der Waals surface area contributed by atoms with Crippen LogP contribution in [-0.4, -0.2) is 88.7 Å². The van der Waals surface area contributed by atoms with E-state index in [1.165, 1.54) is 22.5 Å². The summed E-state index contributed by atoms with van der Waals surface area (Å²) in [6, 6.07) is 3.37. The third-order valence-corrected chi connectivity index (χ3v) is 13.7. The molecule has 0 radical (unpaired) electrons. The lowest BCUT2D eigenvalue weighted by atomic mass is 10.0. The van der Waals surface area contributed by atoms with Crippen LogP contribution in [0.25, 0.3) is 21.8 Å². The summed E-state index contributed by atoms with van der Waals surface area (Å²) in [5.74, 6) is -2.16. The van der Waals surface area contributed by atoms with Crippen molar-refractivity contribution in [2.24, 2.45) is 5.92 Å². The normalized spacial score (nSPS) is 28.6. The predicted molar refractivity (Wildman–Crippen MR) is 197 cm³/mol. The predicted octanol–water partition coefficient (Wildman–Crippen LogP) is 4.34. The van der Waals surface area contributed by atoms with Crippen LogP contribution in [0.5, 0.6) is 5.88 Å². The summed E-state index contributed by atoms with van der Waals surface area (Å²) in [5.41, 5.74) is -0.223. The first-order valence-electron chi connectivity index (χ1n) is 18.9. The number of furan rings is 1. The van der Waals surface area contributed by atoms with E-state index in [0.717, 1.165) is 43.4 Å². The van der Waals surface area contributed by atoms with E-state index in [9.17, 15) is 27.6 Å². The highest BCUT2D eigenvalue weighted by atomic mass is 32.2. The summed E-state index contributed by atoms with van der Waals surface area (Å²) in [4.78, 5) is 67.4. The van der Waals surface area contributed by atoms with Gasteiger partial charge in [0, 0.05) is 18.4 Å². The van der Waals surface area contributed by atoms with Gasteiger partial charge >= 0.3 is 6.09 Å². The zero-order valence-corrected chi connectivity index (χ0v) is 31.4. The number of nitrogens with one attached hydrogen (secondary N) is 3. The van der Waals surface area contributed by atoms with Crippen molar-refractivity contribution in [2.75, 3.05) is 6.54 Å². The Hall–Kier alpha value is -4.51. The van der Waals surface area contributed by atoms with Crippen molar-refractivity contribution in [1.29, 1.82) is 0 Å². The Morgan fingerprint density at radius 2 is 1.83 bits per heavy atom. The molecule has 0 bridgehead atoms. The Labute approximate surface area is 316 Å². The minimum atomic E-state index is -3.89. The molecular formula is C37H44N6O9S2. The minimum Gasteiger partial charge on any atom is -0.471 e. The molecule has 3 N–H and O–H groups in total. The molecule has 3 aliphatic carbocycles. The first kappa shape index (κ1) is 36.5. The van der Waals surface area contributed by atoms with Gasteiger partial charge in [0.15, 0.2) is 0 Å². The number of allylic oxidation sites excluding steroid dienone is 1. The molecule has 54 heavy (non-hydrogen) atoms. The summed E-state index contributed by atoms with van der Waals surface area (Å²) >= 11 is 1.45.